The molecule has 22 heteroatoms. The second-order valence-corrected chi connectivity index (χ2v) is 18.1. The summed E-state index contributed by atoms with van der Waals surface area (Å²) in [6.07, 6.45) is 1.90. The molecule has 0 saturated heterocycles. The van der Waals surface area contributed by atoms with E-state index in [0.717, 1.165) is 46.3 Å². The molecule has 0 saturated carbocycles. The van der Waals surface area contributed by atoms with Crippen LogP contribution in [-0.2, 0) is 42.2 Å². The van der Waals surface area contributed by atoms with Gasteiger partial charge in [0.1, 0.15) is 17.5 Å². The molecule has 0 fully saturated rings. The number of amides is 1. The maximum absolute atomic E-state index is 14.3. The highest BCUT2D eigenvalue weighted by atomic mass is 35.5. The van der Waals surface area contributed by atoms with Crippen LogP contribution in [0.1, 0.15) is 43.5 Å². The van der Waals surface area contributed by atoms with Gasteiger partial charge in [-0.25, -0.2) is 18.4 Å². The minimum absolute atomic E-state index is 0.0412. The number of nitrogens with one attached hydrogen (secondary N) is 1. The summed E-state index contributed by atoms with van der Waals surface area (Å²) in [4.78, 5) is 59.4. The lowest BCUT2D eigenvalue weighted by Gasteiger charge is -2.31. The molecule has 1 amide bonds. The van der Waals surface area contributed by atoms with Gasteiger partial charge >= 0.3 is 27.0 Å². The first kappa shape index (κ1) is 42.9. The van der Waals surface area contributed by atoms with Crippen molar-refractivity contribution in [3.05, 3.63) is 67.3 Å². The Hall–Kier alpha value is -3.52. The first-order valence-corrected chi connectivity index (χ1v) is 21.4. The Morgan fingerprint density at radius 3 is 2.42 bits per heavy atom. The number of ether oxygens (including phenoxy) is 1. The number of carbonyl (C=O) groups is 3. The summed E-state index contributed by atoms with van der Waals surface area (Å²) in [7, 11) is -5.56. The fourth-order valence-corrected chi connectivity index (χ4v) is 8.79. The molecule has 2 unspecified atom stereocenters. The molecule has 3 heterocycles. The minimum atomic E-state index is -3.75. The van der Waals surface area contributed by atoms with Crippen molar-refractivity contribution >= 4 is 81.5 Å². The third kappa shape index (κ3) is 11.7. The van der Waals surface area contributed by atoms with Gasteiger partial charge in [-0.1, -0.05) is 23.7 Å². The summed E-state index contributed by atoms with van der Waals surface area (Å²) < 4.78 is 59.7. The number of hydrogen-bond donors (Lipinski definition) is 4. The number of rotatable bonds is 9. The molecule has 286 valence electrons. The van der Waals surface area contributed by atoms with E-state index in [1.807, 2.05) is 0 Å². The average Bonchev–Trinajstić information content (AvgIpc) is 3.38. The van der Waals surface area contributed by atoms with Crippen LogP contribution < -0.4 is 20.1 Å². The van der Waals surface area contributed by atoms with Gasteiger partial charge in [0.2, 0.25) is 4.80 Å². The smallest absolute Gasteiger partial charge is 0.326 e. The van der Waals surface area contributed by atoms with Crippen molar-refractivity contribution in [2.24, 2.45) is 10.7 Å². The Morgan fingerprint density at radius 1 is 1.19 bits per heavy atom. The summed E-state index contributed by atoms with van der Waals surface area (Å²) >= 11 is 8.17. The summed E-state index contributed by atoms with van der Waals surface area (Å²) in [5, 5.41) is 8.48. The number of nitrogens with two attached hydrogens (primary N) is 1. The van der Waals surface area contributed by atoms with Gasteiger partial charge in [0, 0.05) is 36.9 Å². The number of thioether (sulfide) groups is 1. The Labute approximate surface area is 312 Å². The van der Waals surface area contributed by atoms with Crippen LogP contribution in [0.25, 0.3) is 0 Å². The molecule has 0 bridgehead atoms. The SMILES string of the molecule is CC(C)N1C(=O)c2ccccc2NS1(=O)=O.COC(=O)CSc1cc(/N=c2\sc(=O)n3n2CCCC3)c(F)cc1Cl.CP(=O)(O)CCC(N)C(=O)O. The van der Waals surface area contributed by atoms with E-state index >= 15 is 0 Å². The van der Waals surface area contributed by atoms with Crippen molar-refractivity contribution in [3.8, 4) is 0 Å². The molecule has 5 rings (SSSR count). The fourth-order valence-electron chi connectivity index (χ4n) is 4.62. The highest BCUT2D eigenvalue weighted by molar-refractivity contribution is 8.00. The molecule has 52 heavy (non-hydrogen) atoms. The number of fused-ring (bicyclic) bond motifs is 2. The number of halogens is 2. The molecule has 16 nitrogen and oxygen atoms in total. The predicted molar refractivity (Wildman–Crippen MR) is 196 cm³/mol. The summed E-state index contributed by atoms with van der Waals surface area (Å²) in [5.41, 5.74) is 5.89. The highest BCUT2D eigenvalue weighted by Crippen LogP contribution is 2.36. The number of methoxy groups -OCH3 is 1. The predicted octanol–water partition coefficient (Wildman–Crippen LogP) is 3.69. The first-order chi connectivity index (χ1) is 24.2. The van der Waals surface area contributed by atoms with Gasteiger partial charge in [-0.3, -0.25) is 33.1 Å². The summed E-state index contributed by atoms with van der Waals surface area (Å²) in [6.45, 7) is 5.82. The molecule has 1 aromatic heterocycles. The zero-order valence-electron chi connectivity index (χ0n) is 28.5. The lowest BCUT2D eigenvalue weighted by atomic mass is 10.1. The van der Waals surface area contributed by atoms with Crippen LogP contribution in [0, 0.1) is 5.82 Å². The topological polar surface area (TPSA) is 233 Å². The van der Waals surface area contributed by atoms with Gasteiger partial charge in [0.15, 0.2) is 7.37 Å². The van der Waals surface area contributed by atoms with Crippen molar-refractivity contribution in [3.63, 3.8) is 0 Å². The van der Waals surface area contributed by atoms with E-state index < -0.39 is 53.3 Å². The van der Waals surface area contributed by atoms with E-state index in [1.165, 1.54) is 19.8 Å². The number of carbonyl (C=O) groups excluding carboxylic acids is 2. The van der Waals surface area contributed by atoms with E-state index in [9.17, 15) is 36.6 Å². The van der Waals surface area contributed by atoms with Crippen LogP contribution in [0.2, 0.25) is 5.02 Å². The number of nitrogens with zero attached hydrogens (tertiary/aromatic N) is 4. The van der Waals surface area contributed by atoms with Crippen LogP contribution in [-0.4, -0.2) is 87.7 Å². The van der Waals surface area contributed by atoms with Crippen molar-refractivity contribution in [1.29, 1.82) is 0 Å². The Bertz CT molecular complexity index is 2080. The largest absolute Gasteiger partial charge is 0.480 e. The number of esters is 1. The van der Waals surface area contributed by atoms with E-state index in [2.05, 4.69) is 14.5 Å². The van der Waals surface area contributed by atoms with E-state index in [1.54, 1.807) is 47.5 Å². The molecule has 3 aromatic rings. The second kappa shape index (κ2) is 18.5. The third-order valence-corrected chi connectivity index (χ3v) is 12.2. The average molecular weight is 825 g/mol. The number of aliphatic carboxylic acids is 1. The highest BCUT2D eigenvalue weighted by Gasteiger charge is 2.37. The molecule has 0 aliphatic carbocycles. The minimum Gasteiger partial charge on any atom is -0.480 e. The fraction of sp³-hybridized carbons (Fsp3) is 0.433. The standard InChI is InChI=1S/C15H15ClFN3O3S2.C10H12N2O3S.C5H12NO4P/c1-23-13(21)8-24-12-7-11(10(17)6-9(12)16)18-14-19-4-2-3-5-20(19)15(22)25-14;1-7(2)12-10(13)8-5-3-4-6-9(8)11-16(12,14)15;1-11(9,10)3-2-4(6)5(7)8/h6-7H,2-5,8H2,1H3;3-7,11H,1-2H3;4H,2-3,6H2,1H3,(H,7,8)(H,9,10)/b18-14-;;. The molecule has 2 atom stereocenters. The lowest BCUT2D eigenvalue weighted by Crippen LogP contribution is -2.48. The Balaban J connectivity index is 0.000000232. The monoisotopic (exact) mass is 824 g/mol. The van der Waals surface area contributed by atoms with Crippen LogP contribution >= 0.6 is 42.1 Å². The van der Waals surface area contributed by atoms with Crippen LogP contribution in [0.15, 0.2) is 51.1 Å². The van der Waals surface area contributed by atoms with Crippen molar-refractivity contribution in [2.45, 2.75) is 63.2 Å². The maximum Gasteiger partial charge on any atom is 0.326 e. The Morgan fingerprint density at radius 2 is 1.83 bits per heavy atom. The molecule has 2 aliphatic heterocycles. The quantitative estimate of drug-likeness (QED) is 0.138. The maximum atomic E-state index is 14.3. The number of hydrogen-bond acceptors (Lipinski definition) is 12. The van der Waals surface area contributed by atoms with Gasteiger partial charge in [0.25, 0.3) is 5.91 Å². The van der Waals surface area contributed by atoms with Gasteiger partial charge in [-0.2, -0.15) is 8.42 Å². The first-order valence-electron chi connectivity index (χ1n) is 15.5. The second-order valence-electron chi connectivity index (χ2n) is 11.7. The number of carboxylic acid groups (broad SMARTS) is 1. The van der Waals surface area contributed by atoms with E-state index in [4.69, 9.17) is 27.3 Å². The van der Waals surface area contributed by atoms with Crippen molar-refractivity contribution in [2.75, 3.05) is 30.4 Å². The zero-order chi connectivity index (χ0) is 39.0. The van der Waals surface area contributed by atoms with Gasteiger partial charge < -0.3 is 20.5 Å². The number of para-hydroxylation sites is 1. The molecule has 5 N–H and O–H groups in total. The third-order valence-electron chi connectivity index (χ3n) is 7.18. The van der Waals surface area contributed by atoms with E-state index in [0.29, 0.717) is 34.0 Å². The van der Waals surface area contributed by atoms with Crippen molar-refractivity contribution < 1.29 is 46.5 Å². The molecule has 0 radical (unpaired) electrons. The van der Waals surface area contributed by atoms with Gasteiger partial charge in [-0.15, -0.1) is 11.8 Å². The number of aromatic nitrogens is 2. The summed E-state index contributed by atoms with van der Waals surface area (Å²) in [5.74, 6) is -2.55. The number of benzene rings is 2. The normalized spacial score (nSPS) is 16.5. The molecule has 0 spiro atoms. The Kier molecular flexibility index (Phi) is 15.3. The van der Waals surface area contributed by atoms with Crippen LogP contribution in [0.4, 0.5) is 15.8 Å². The van der Waals surface area contributed by atoms with Gasteiger partial charge in [0.05, 0.1) is 29.1 Å². The van der Waals surface area contributed by atoms with E-state index in [-0.39, 0.29) is 33.9 Å². The summed E-state index contributed by atoms with van der Waals surface area (Å²) in [6, 6.07) is 7.77. The molecular weight excluding hydrogens is 786 g/mol. The van der Waals surface area contributed by atoms with Gasteiger partial charge in [-0.05, 0) is 68.7 Å². The molecule has 2 aromatic carbocycles. The van der Waals surface area contributed by atoms with Crippen molar-refractivity contribution in [1.82, 2.24) is 13.7 Å². The lowest BCUT2D eigenvalue weighted by molar-refractivity contribution is -0.139. The number of anilines is 1. The zero-order valence-corrected chi connectivity index (χ0v) is 32.6. The van der Waals surface area contributed by atoms with Crippen LogP contribution in [0.3, 0.4) is 0 Å². The molecular formula is C30H39ClFN6O10PS3. The number of carboxylic acids is 1. The molecule has 2 aliphatic rings. The van der Waals surface area contributed by atoms with Crippen LogP contribution in [0.5, 0.6) is 0 Å².